The Morgan fingerprint density at radius 3 is 2.33 bits per heavy atom. The largest absolute Gasteiger partial charge is 0.314 e. The Morgan fingerprint density at radius 1 is 1.00 bits per heavy atom. The van der Waals surface area contributed by atoms with Crippen LogP contribution in [-0.4, -0.2) is 12.6 Å². The molecule has 1 aliphatic carbocycles. The normalized spacial score (nSPS) is 26.7. The van der Waals surface area contributed by atoms with Crippen molar-refractivity contribution in [2.75, 3.05) is 6.54 Å². The molecule has 1 unspecified atom stereocenters. The van der Waals surface area contributed by atoms with Crippen LogP contribution in [0.25, 0.3) is 0 Å². The molecular weight excluding hydrogens is 254 g/mol. The predicted octanol–water partition coefficient (Wildman–Crippen LogP) is 5.06. The van der Waals surface area contributed by atoms with E-state index in [0.29, 0.717) is 11.5 Å². The van der Waals surface area contributed by atoms with Crippen LogP contribution in [0.15, 0.2) is 24.3 Å². The maximum absolute atomic E-state index is 3.65. The second kappa shape index (κ2) is 6.52. The van der Waals surface area contributed by atoms with Gasteiger partial charge in [-0.05, 0) is 74.0 Å². The summed E-state index contributed by atoms with van der Waals surface area (Å²) in [5, 5.41) is 3.65. The molecule has 1 nitrogen and oxygen atoms in total. The average molecular weight is 285 g/mol. The fraction of sp³-hybridized carbons (Fsp3) is 0.700. The second-order valence-electron chi connectivity index (χ2n) is 8.03. The average Bonchev–Trinajstić information content (AvgIpc) is 2.49. The van der Waals surface area contributed by atoms with Crippen LogP contribution in [0.2, 0.25) is 0 Å². The molecule has 2 aliphatic rings. The molecule has 1 saturated heterocycles. The van der Waals surface area contributed by atoms with Crippen molar-refractivity contribution in [1.29, 1.82) is 0 Å². The van der Waals surface area contributed by atoms with Gasteiger partial charge in [0.25, 0.3) is 0 Å². The summed E-state index contributed by atoms with van der Waals surface area (Å²) in [5.41, 5.74) is 3.66. The summed E-state index contributed by atoms with van der Waals surface area (Å²) in [6, 6.07) is 10.3. The first-order chi connectivity index (χ1) is 10.1. The van der Waals surface area contributed by atoms with Crippen LogP contribution in [0.1, 0.15) is 75.8 Å². The highest BCUT2D eigenvalue weighted by Gasteiger charge is 2.27. The van der Waals surface area contributed by atoms with Gasteiger partial charge in [-0.15, -0.1) is 0 Å². The molecule has 1 aliphatic heterocycles. The lowest BCUT2D eigenvalue weighted by molar-refractivity contribution is 0.224. The number of rotatable bonds is 3. The summed E-state index contributed by atoms with van der Waals surface area (Å²) in [4.78, 5) is 0. The van der Waals surface area contributed by atoms with Gasteiger partial charge in [-0.3, -0.25) is 0 Å². The monoisotopic (exact) mass is 285 g/mol. The first-order valence-corrected chi connectivity index (χ1v) is 8.95. The summed E-state index contributed by atoms with van der Waals surface area (Å²) in [6.45, 7) is 6.05. The van der Waals surface area contributed by atoms with Crippen LogP contribution >= 0.6 is 0 Å². The maximum atomic E-state index is 3.65. The van der Waals surface area contributed by atoms with Gasteiger partial charge in [0.15, 0.2) is 0 Å². The minimum atomic E-state index is 0.573. The molecule has 1 aromatic carbocycles. The van der Waals surface area contributed by atoms with Gasteiger partial charge in [-0.25, -0.2) is 0 Å². The first kappa shape index (κ1) is 15.1. The Balaban J connectivity index is 1.56. The smallest absolute Gasteiger partial charge is 0.0107 e. The number of piperidine rings is 1. The van der Waals surface area contributed by atoms with Crippen LogP contribution in [0.3, 0.4) is 0 Å². The lowest BCUT2D eigenvalue weighted by Crippen LogP contribution is -2.35. The van der Waals surface area contributed by atoms with Gasteiger partial charge in [0.05, 0.1) is 0 Å². The highest BCUT2D eigenvalue weighted by Crippen LogP contribution is 2.42. The molecule has 1 N–H and O–H groups in total. The molecule has 1 saturated carbocycles. The van der Waals surface area contributed by atoms with E-state index in [1.165, 1.54) is 63.5 Å². The second-order valence-corrected chi connectivity index (χ2v) is 8.03. The minimum absolute atomic E-state index is 0.573. The zero-order valence-electron chi connectivity index (χ0n) is 13.8. The predicted molar refractivity (Wildman–Crippen MR) is 90.8 cm³/mol. The molecule has 21 heavy (non-hydrogen) atoms. The Labute approximate surface area is 130 Å². The van der Waals surface area contributed by atoms with E-state index in [-0.39, 0.29) is 0 Å². The van der Waals surface area contributed by atoms with E-state index in [9.17, 15) is 0 Å². The lowest BCUT2D eigenvalue weighted by Gasteiger charge is -2.34. The van der Waals surface area contributed by atoms with Gasteiger partial charge in [0.2, 0.25) is 0 Å². The third-order valence-corrected chi connectivity index (χ3v) is 5.68. The van der Waals surface area contributed by atoms with Crippen molar-refractivity contribution in [2.45, 2.75) is 77.2 Å². The SMILES string of the molecule is CC1(C)CCC(c2ccc(CC3CCCCN3)cc2)CC1. The van der Waals surface area contributed by atoms with Gasteiger partial charge >= 0.3 is 0 Å². The zero-order chi connectivity index (χ0) is 14.7. The van der Waals surface area contributed by atoms with Gasteiger partial charge in [0.1, 0.15) is 0 Å². The molecule has 1 heteroatoms. The quantitative estimate of drug-likeness (QED) is 0.819. The molecule has 3 rings (SSSR count). The first-order valence-electron chi connectivity index (χ1n) is 8.95. The molecular formula is C20H31N. The standard InChI is InChI=1S/C20H31N/c1-20(2)12-10-18(11-13-20)17-8-6-16(7-9-17)15-19-5-3-4-14-21-19/h6-9,18-19,21H,3-5,10-15H2,1-2H3. The molecule has 1 heterocycles. The van der Waals surface area contributed by atoms with Gasteiger partial charge in [0, 0.05) is 6.04 Å². The van der Waals surface area contributed by atoms with Crippen LogP contribution < -0.4 is 5.32 Å². The third kappa shape index (κ3) is 4.10. The summed E-state index contributed by atoms with van der Waals surface area (Å²) in [5.74, 6) is 0.805. The van der Waals surface area contributed by atoms with Crippen molar-refractivity contribution in [3.05, 3.63) is 35.4 Å². The van der Waals surface area contributed by atoms with Gasteiger partial charge < -0.3 is 5.32 Å². The molecule has 0 amide bonds. The Kier molecular flexibility index (Phi) is 4.69. The topological polar surface area (TPSA) is 12.0 Å². The van der Waals surface area contributed by atoms with Gasteiger partial charge in [-0.2, -0.15) is 0 Å². The number of hydrogen-bond acceptors (Lipinski definition) is 1. The van der Waals surface area contributed by atoms with Crippen molar-refractivity contribution in [3.8, 4) is 0 Å². The van der Waals surface area contributed by atoms with Crippen molar-refractivity contribution < 1.29 is 0 Å². The van der Waals surface area contributed by atoms with Crippen molar-refractivity contribution in [1.82, 2.24) is 5.32 Å². The molecule has 0 aromatic heterocycles. The Morgan fingerprint density at radius 2 is 1.71 bits per heavy atom. The Hall–Kier alpha value is -0.820. The van der Waals surface area contributed by atoms with E-state index < -0.39 is 0 Å². The van der Waals surface area contributed by atoms with Crippen LogP contribution in [0.4, 0.5) is 0 Å². The molecule has 0 bridgehead atoms. The third-order valence-electron chi connectivity index (χ3n) is 5.68. The number of hydrogen-bond donors (Lipinski definition) is 1. The summed E-state index contributed by atoms with van der Waals surface area (Å²) in [6.07, 6.45) is 10.8. The van der Waals surface area contributed by atoms with Crippen molar-refractivity contribution in [3.63, 3.8) is 0 Å². The van der Waals surface area contributed by atoms with E-state index in [2.05, 4.69) is 43.4 Å². The van der Waals surface area contributed by atoms with E-state index in [4.69, 9.17) is 0 Å². The van der Waals surface area contributed by atoms with E-state index in [1.807, 2.05) is 0 Å². The number of benzene rings is 1. The van der Waals surface area contributed by atoms with E-state index in [1.54, 1.807) is 5.56 Å². The molecule has 116 valence electrons. The van der Waals surface area contributed by atoms with Crippen LogP contribution in [0.5, 0.6) is 0 Å². The summed E-state index contributed by atoms with van der Waals surface area (Å²) >= 11 is 0. The van der Waals surface area contributed by atoms with E-state index in [0.717, 1.165) is 5.92 Å². The fourth-order valence-corrected chi connectivity index (χ4v) is 4.04. The minimum Gasteiger partial charge on any atom is -0.314 e. The Bertz CT molecular complexity index is 429. The van der Waals surface area contributed by atoms with Crippen molar-refractivity contribution >= 4 is 0 Å². The van der Waals surface area contributed by atoms with Crippen LogP contribution in [0, 0.1) is 5.41 Å². The van der Waals surface area contributed by atoms with E-state index >= 15 is 0 Å². The molecule has 0 radical (unpaired) electrons. The number of nitrogens with one attached hydrogen (secondary N) is 1. The van der Waals surface area contributed by atoms with Crippen LogP contribution in [-0.2, 0) is 6.42 Å². The summed E-state index contributed by atoms with van der Waals surface area (Å²) < 4.78 is 0. The highest BCUT2D eigenvalue weighted by molar-refractivity contribution is 5.26. The maximum Gasteiger partial charge on any atom is 0.0107 e. The molecule has 1 atom stereocenters. The zero-order valence-corrected chi connectivity index (χ0v) is 13.8. The lowest BCUT2D eigenvalue weighted by atomic mass is 9.71. The summed E-state index contributed by atoms with van der Waals surface area (Å²) in [7, 11) is 0. The molecule has 0 spiro atoms. The highest BCUT2D eigenvalue weighted by atomic mass is 14.9. The molecule has 1 aromatic rings. The van der Waals surface area contributed by atoms with Gasteiger partial charge in [-0.1, -0.05) is 44.5 Å². The van der Waals surface area contributed by atoms with Crippen molar-refractivity contribution in [2.24, 2.45) is 5.41 Å². The fourth-order valence-electron chi connectivity index (χ4n) is 4.04. The molecule has 2 fully saturated rings.